The van der Waals surface area contributed by atoms with Crippen molar-refractivity contribution in [3.8, 4) is 0 Å². The molecular formula is C23H37N5O. The number of H-pyrrole nitrogens is 1. The lowest BCUT2D eigenvalue weighted by Crippen LogP contribution is -2.48. The van der Waals surface area contributed by atoms with Gasteiger partial charge in [-0.25, -0.2) is 0 Å². The van der Waals surface area contributed by atoms with Gasteiger partial charge in [0.2, 0.25) is 0 Å². The molecule has 0 saturated carbocycles. The van der Waals surface area contributed by atoms with Gasteiger partial charge in [-0.15, -0.1) is 0 Å². The normalized spacial score (nSPS) is 19.1. The number of piperazine rings is 1. The molecule has 2 aromatic rings. The number of piperidine rings is 1. The number of pyridine rings is 2. The number of nitrogens with one attached hydrogen (secondary N) is 2. The third-order valence-corrected chi connectivity index (χ3v) is 6.05. The highest BCUT2D eigenvalue weighted by atomic mass is 16.1. The predicted molar refractivity (Wildman–Crippen MR) is 120 cm³/mol. The van der Waals surface area contributed by atoms with E-state index in [4.69, 9.17) is 0 Å². The average molecular weight is 400 g/mol. The molecule has 0 amide bonds. The van der Waals surface area contributed by atoms with Crippen molar-refractivity contribution < 1.29 is 0 Å². The van der Waals surface area contributed by atoms with Crippen molar-refractivity contribution in [3.63, 3.8) is 0 Å². The Kier molecular flexibility index (Phi) is 8.21. The van der Waals surface area contributed by atoms with E-state index in [2.05, 4.69) is 31.2 Å². The molecule has 6 heteroatoms. The van der Waals surface area contributed by atoms with Crippen LogP contribution in [0.25, 0.3) is 11.0 Å². The zero-order valence-corrected chi connectivity index (χ0v) is 18.3. The van der Waals surface area contributed by atoms with Crippen LogP contribution in [0.3, 0.4) is 0 Å². The first-order valence-electron chi connectivity index (χ1n) is 11.4. The van der Waals surface area contributed by atoms with Gasteiger partial charge >= 0.3 is 0 Å². The highest BCUT2D eigenvalue weighted by Gasteiger charge is 2.21. The van der Waals surface area contributed by atoms with E-state index in [1.165, 1.54) is 38.0 Å². The first-order valence-corrected chi connectivity index (χ1v) is 11.4. The number of hydrogen-bond donors (Lipinski definition) is 2. The lowest BCUT2D eigenvalue weighted by Gasteiger charge is -2.37. The summed E-state index contributed by atoms with van der Waals surface area (Å²) < 4.78 is 0. The molecule has 2 fully saturated rings. The van der Waals surface area contributed by atoms with Crippen LogP contribution in [0.5, 0.6) is 0 Å². The van der Waals surface area contributed by atoms with Crippen LogP contribution in [0.15, 0.2) is 23.1 Å². The summed E-state index contributed by atoms with van der Waals surface area (Å²) in [7, 11) is 0. The fourth-order valence-corrected chi connectivity index (χ4v) is 4.33. The predicted octanol–water partition coefficient (Wildman–Crippen LogP) is 2.63. The van der Waals surface area contributed by atoms with Gasteiger partial charge < -0.3 is 15.2 Å². The van der Waals surface area contributed by atoms with Gasteiger partial charge in [0, 0.05) is 51.0 Å². The van der Waals surface area contributed by atoms with Crippen LogP contribution < -0.4 is 10.9 Å². The van der Waals surface area contributed by atoms with Crippen molar-refractivity contribution in [2.24, 2.45) is 5.92 Å². The van der Waals surface area contributed by atoms with Gasteiger partial charge in [0.25, 0.3) is 5.56 Å². The fourth-order valence-electron chi connectivity index (χ4n) is 4.33. The van der Waals surface area contributed by atoms with Crippen LogP contribution in [0.4, 0.5) is 0 Å². The van der Waals surface area contributed by atoms with Crippen molar-refractivity contribution in [2.75, 3.05) is 45.8 Å². The molecule has 4 rings (SSSR count). The molecule has 2 aliphatic rings. The number of aromatic nitrogens is 2. The minimum absolute atomic E-state index is 0.00970. The van der Waals surface area contributed by atoms with Gasteiger partial charge in [-0.1, -0.05) is 20.8 Å². The van der Waals surface area contributed by atoms with E-state index in [1.807, 2.05) is 33.0 Å². The number of aromatic amines is 1. The van der Waals surface area contributed by atoms with E-state index in [0.29, 0.717) is 0 Å². The van der Waals surface area contributed by atoms with Gasteiger partial charge in [-0.05, 0) is 56.0 Å². The summed E-state index contributed by atoms with van der Waals surface area (Å²) in [6, 6.07) is 4.00. The van der Waals surface area contributed by atoms with Crippen LogP contribution in [0, 0.1) is 5.92 Å². The summed E-state index contributed by atoms with van der Waals surface area (Å²) in [5, 5.41) is 3.45. The maximum absolute atomic E-state index is 12.1. The van der Waals surface area contributed by atoms with Crippen molar-refractivity contribution in [3.05, 3.63) is 39.8 Å². The van der Waals surface area contributed by atoms with Gasteiger partial charge in [-0.2, -0.15) is 0 Å². The molecule has 0 bridgehead atoms. The molecule has 0 spiro atoms. The molecule has 0 atom stereocenters. The van der Waals surface area contributed by atoms with Crippen LogP contribution >= 0.6 is 0 Å². The largest absolute Gasteiger partial charge is 0.320 e. The third kappa shape index (κ3) is 5.87. The Morgan fingerprint density at radius 1 is 1.07 bits per heavy atom. The molecular weight excluding hydrogens is 362 g/mol. The van der Waals surface area contributed by atoms with Crippen molar-refractivity contribution in [1.29, 1.82) is 0 Å². The van der Waals surface area contributed by atoms with E-state index in [1.54, 1.807) is 0 Å². The second kappa shape index (κ2) is 10.9. The SMILES string of the molecule is CC.CCc1cc2ncc(CN3CCN(CC4CCNCC4)CC3)cc2[nH]c1=O. The van der Waals surface area contributed by atoms with E-state index in [9.17, 15) is 4.79 Å². The summed E-state index contributed by atoms with van der Waals surface area (Å²) in [6.45, 7) is 15.0. The van der Waals surface area contributed by atoms with E-state index >= 15 is 0 Å². The molecule has 2 aliphatic heterocycles. The minimum Gasteiger partial charge on any atom is -0.320 e. The molecule has 2 saturated heterocycles. The zero-order chi connectivity index (χ0) is 20.6. The molecule has 6 nitrogen and oxygen atoms in total. The van der Waals surface area contributed by atoms with E-state index < -0.39 is 0 Å². The molecule has 0 aliphatic carbocycles. The van der Waals surface area contributed by atoms with E-state index in [-0.39, 0.29) is 5.56 Å². The quantitative estimate of drug-likeness (QED) is 0.809. The summed E-state index contributed by atoms with van der Waals surface area (Å²) in [5.41, 5.74) is 3.71. The van der Waals surface area contributed by atoms with Crippen LogP contribution in [0.2, 0.25) is 0 Å². The zero-order valence-electron chi connectivity index (χ0n) is 18.3. The maximum atomic E-state index is 12.1. The highest BCUT2D eigenvalue weighted by molar-refractivity contribution is 5.74. The monoisotopic (exact) mass is 399 g/mol. The van der Waals surface area contributed by atoms with Crippen molar-refractivity contribution in [1.82, 2.24) is 25.1 Å². The smallest absolute Gasteiger partial charge is 0.251 e. The summed E-state index contributed by atoms with van der Waals surface area (Å²) in [6.07, 6.45) is 5.33. The summed E-state index contributed by atoms with van der Waals surface area (Å²) in [4.78, 5) is 24.8. The lowest BCUT2D eigenvalue weighted by molar-refractivity contribution is 0.107. The first-order chi connectivity index (χ1) is 14.2. The van der Waals surface area contributed by atoms with Crippen LogP contribution in [-0.4, -0.2) is 65.6 Å². The van der Waals surface area contributed by atoms with E-state index in [0.717, 1.165) is 61.7 Å². The Balaban J connectivity index is 0.00000117. The fraction of sp³-hybridized carbons (Fsp3) is 0.652. The Morgan fingerprint density at radius 3 is 2.45 bits per heavy atom. The molecule has 0 aromatic carbocycles. The summed E-state index contributed by atoms with van der Waals surface area (Å²) >= 11 is 0. The lowest BCUT2D eigenvalue weighted by atomic mass is 9.97. The second-order valence-electron chi connectivity index (χ2n) is 8.02. The number of nitrogens with zero attached hydrogens (tertiary/aromatic N) is 3. The minimum atomic E-state index is 0.00970. The summed E-state index contributed by atoms with van der Waals surface area (Å²) in [5.74, 6) is 0.868. The van der Waals surface area contributed by atoms with Gasteiger partial charge in [0.15, 0.2) is 0 Å². The van der Waals surface area contributed by atoms with Gasteiger partial charge in [-0.3, -0.25) is 14.7 Å². The molecule has 4 heterocycles. The van der Waals surface area contributed by atoms with Gasteiger partial charge in [0.1, 0.15) is 0 Å². The van der Waals surface area contributed by atoms with Crippen molar-refractivity contribution in [2.45, 2.75) is 46.6 Å². The number of aryl methyl sites for hydroxylation is 1. The molecule has 0 unspecified atom stereocenters. The van der Waals surface area contributed by atoms with Crippen LogP contribution in [-0.2, 0) is 13.0 Å². The van der Waals surface area contributed by atoms with Gasteiger partial charge in [0.05, 0.1) is 11.0 Å². The number of hydrogen-bond acceptors (Lipinski definition) is 5. The second-order valence-corrected chi connectivity index (χ2v) is 8.02. The molecule has 2 N–H and O–H groups in total. The van der Waals surface area contributed by atoms with Crippen LogP contribution in [0.1, 0.15) is 44.7 Å². The Labute approximate surface area is 174 Å². The molecule has 29 heavy (non-hydrogen) atoms. The standard InChI is InChI=1S/C21H31N5O.C2H6/c1-2-18-12-19-20(24-21(18)27)11-17(13-23-19)15-26-9-7-25(8-10-26)14-16-3-5-22-6-4-16;1-2/h11-13,16,22H,2-10,14-15H2,1H3,(H,24,27);1-2H3. The maximum Gasteiger partial charge on any atom is 0.251 e. The highest BCUT2D eigenvalue weighted by Crippen LogP contribution is 2.17. The number of fused-ring (bicyclic) bond motifs is 1. The Morgan fingerprint density at radius 2 is 1.76 bits per heavy atom. The first kappa shape index (κ1) is 21.9. The Hall–Kier alpha value is -1.76. The van der Waals surface area contributed by atoms with Crippen molar-refractivity contribution >= 4 is 11.0 Å². The topological polar surface area (TPSA) is 64.3 Å². The average Bonchev–Trinajstić information content (AvgIpc) is 2.77. The molecule has 0 radical (unpaired) electrons. The molecule has 2 aromatic heterocycles. The number of rotatable bonds is 5. The third-order valence-electron chi connectivity index (χ3n) is 6.05. The Bertz CT molecular complexity index is 820. The molecule has 160 valence electrons.